The third-order valence-electron chi connectivity index (χ3n) is 7.18. The number of aromatic carboxylic acids is 1. The monoisotopic (exact) mass is 539 g/mol. The van der Waals surface area contributed by atoms with Crippen LogP contribution in [0.1, 0.15) is 28.8 Å². The van der Waals surface area contributed by atoms with Crippen molar-refractivity contribution in [3.05, 3.63) is 64.7 Å². The van der Waals surface area contributed by atoms with E-state index in [1.165, 1.54) is 6.07 Å². The number of anilines is 1. The van der Waals surface area contributed by atoms with Gasteiger partial charge in [0.2, 0.25) is 0 Å². The van der Waals surface area contributed by atoms with Gasteiger partial charge in [0.25, 0.3) is 0 Å². The number of carboxylic acids is 1. The van der Waals surface area contributed by atoms with Crippen molar-refractivity contribution >= 4 is 29.2 Å². The molecule has 0 spiro atoms. The Balaban J connectivity index is 1.46. The Bertz CT molecular complexity index is 1110. The summed E-state index contributed by atoms with van der Waals surface area (Å²) >= 11 is 5.97. The Kier molecular flexibility index (Phi) is 8.30. The quantitative estimate of drug-likeness (QED) is 0.526. The number of benzene rings is 2. The van der Waals surface area contributed by atoms with Crippen LogP contribution >= 0.6 is 11.6 Å². The summed E-state index contributed by atoms with van der Waals surface area (Å²) in [5.74, 6) is -3.37. The number of carbonyl (C=O) groups excluding carboxylic acids is 1. The number of hydrogen-bond donors (Lipinski definition) is 1. The summed E-state index contributed by atoms with van der Waals surface area (Å²) in [5.41, 5.74) is 1.58. The molecule has 2 fully saturated rings. The third kappa shape index (κ3) is 6.55. The average Bonchev–Trinajstić information content (AvgIpc) is 3.28. The molecular formula is C26H29ClF3N3O4. The van der Waals surface area contributed by atoms with E-state index >= 15 is 0 Å². The van der Waals surface area contributed by atoms with Crippen molar-refractivity contribution < 1.29 is 32.6 Å². The molecule has 7 nitrogen and oxygen atoms in total. The molecule has 0 aliphatic carbocycles. The van der Waals surface area contributed by atoms with Gasteiger partial charge in [-0.05, 0) is 62.8 Å². The van der Waals surface area contributed by atoms with E-state index in [2.05, 4.69) is 4.90 Å². The number of piperidine rings is 1. The molecule has 0 amide bonds. The van der Waals surface area contributed by atoms with Crippen LogP contribution in [0.2, 0.25) is 5.02 Å². The van der Waals surface area contributed by atoms with Gasteiger partial charge in [0, 0.05) is 24.2 Å². The minimum atomic E-state index is -5.11. The summed E-state index contributed by atoms with van der Waals surface area (Å²) in [6.07, 6.45) is -4.57. The summed E-state index contributed by atoms with van der Waals surface area (Å²) in [5, 5.41) is 10.3. The molecule has 2 heterocycles. The fourth-order valence-electron chi connectivity index (χ4n) is 5.20. The topological polar surface area (TPSA) is 73.3 Å². The second-order valence-corrected chi connectivity index (χ2v) is 9.97. The van der Waals surface area contributed by atoms with Crippen LogP contribution in [-0.2, 0) is 16.1 Å². The van der Waals surface area contributed by atoms with Crippen LogP contribution in [0.15, 0.2) is 48.5 Å². The summed E-state index contributed by atoms with van der Waals surface area (Å²) in [4.78, 5) is 29.5. The van der Waals surface area contributed by atoms with Crippen molar-refractivity contribution in [1.82, 2.24) is 9.80 Å². The van der Waals surface area contributed by atoms with Gasteiger partial charge in [-0.15, -0.1) is 0 Å². The van der Waals surface area contributed by atoms with E-state index in [1.807, 2.05) is 36.2 Å². The summed E-state index contributed by atoms with van der Waals surface area (Å²) in [6.45, 7) is 2.60. The Morgan fingerprint density at radius 1 is 1.08 bits per heavy atom. The van der Waals surface area contributed by atoms with E-state index in [1.54, 1.807) is 23.1 Å². The van der Waals surface area contributed by atoms with Crippen LogP contribution in [0.4, 0.5) is 18.9 Å². The average molecular weight is 540 g/mol. The minimum absolute atomic E-state index is 0.0312. The number of alkyl halides is 3. The molecule has 11 heteroatoms. The number of nitrogens with zero attached hydrogens (tertiary/aromatic N) is 3. The second kappa shape index (κ2) is 11.3. The molecule has 2 aromatic carbocycles. The lowest BCUT2D eigenvalue weighted by atomic mass is 10.00. The van der Waals surface area contributed by atoms with E-state index < -0.39 is 30.3 Å². The molecule has 2 aromatic rings. The van der Waals surface area contributed by atoms with Gasteiger partial charge in [-0.1, -0.05) is 35.9 Å². The highest BCUT2D eigenvalue weighted by Crippen LogP contribution is 2.31. The fourth-order valence-corrected chi connectivity index (χ4v) is 5.32. The van der Waals surface area contributed by atoms with Crippen LogP contribution in [-0.4, -0.2) is 84.4 Å². The van der Waals surface area contributed by atoms with Crippen molar-refractivity contribution in [3.8, 4) is 0 Å². The maximum atomic E-state index is 13.0. The lowest BCUT2D eigenvalue weighted by Gasteiger charge is -2.40. The van der Waals surface area contributed by atoms with Gasteiger partial charge < -0.3 is 14.7 Å². The summed E-state index contributed by atoms with van der Waals surface area (Å²) in [6, 6.07) is 13.6. The Morgan fingerprint density at radius 3 is 2.35 bits per heavy atom. The zero-order chi connectivity index (χ0) is 26.7. The molecule has 2 saturated heterocycles. The number of hydrogen-bond acceptors (Lipinski definition) is 6. The van der Waals surface area contributed by atoms with E-state index in [-0.39, 0.29) is 24.7 Å². The highest BCUT2D eigenvalue weighted by Gasteiger charge is 2.47. The first kappa shape index (κ1) is 27.2. The van der Waals surface area contributed by atoms with E-state index in [9.17, 15) is 27.9 Å². The number of halogens is 4. The number of esters is 1. The maximum Gasteiger partial charge on any atom is 0.490 e. The molecule has 2 aliphatic heterocycles. The number of carboxylic acid groups (broad SMARTS) is 1. The number of likely N-dealkylation sites (N-methyl/N-ethyl adjacent to an activating group) is 1. The SMILES string of the molecule is CN(C1CCN(Cc2ccc(Cl)cc2)CC1)[C@H]1CN(c2ccccc2C(=O)O)C[C@@H]1OC(=O)C(F)(F)F. The van der Waals surface area contributed by atoms with Gasteiger partial charge in [0.15, 0.2) is 0 Å². The van der Waals surface area contributed by atoms with Gasteiger partial charge in [-0.2, -0.15) is 13.2 Å². The molecule has 1 N–H and O–H groups in total. The predicted octanol–water partition coefficient (Wildman–Crippen LogP) is 4.30. The molecule has 0 aromatic heterocycles. The number of ether oxygens (including phenoxy) is 1. The maximum absolute atomic E-state index is 13.0. The molecule has 4 rings (SSSR count). The highest BCUT2D eigenvalue weighted by atomic mass is 35.5. The second-order valence-electron chi connectivity index (χ2n) is 9.54. The smallest absolute Gasteiger partial charge is 0.478 e. The molecule has 0 unspecified atom stereocenters. The van der Waals surface area contributed by atoms with Gasteiger partial charge in [-0.3, -0.25) is 9.80 Å². The zero-order valence-electron chi connectivity index (χ0n) is 20.3. The molecule has 37 heavy (non-hydrogen) atoms. The van der Waals surface area contributed by atoms with Crippen LogP contribution in [0, 0.1) is 0 Å². The molecule has 2 atom stereocenters. The molecule has 2 aliphatic rings. The normalized spacial score (nSPS) is 21.4. The fraction of sp³-hybridized carbons (Fsp3) is 0.462. The van der Waals surface area contributed by atoms with Crippen molar-refractivity contribution in [3.63, 3.8) is 0 Å². The molecule has 0 bridgehead atoms. The van der Waals surface area contributed by atoms with Crippen LogP contribution < -0.4 is 4.90 Å². The first-order valence-corrected chi connectivity index (χ1v) is 12.4. The van der Waals surface area contributed by atoms with Crippen molar-refractivity contribution in [1.29, 1.82) is 0 Å². The lowest BCUT2D eigenvalue weighted by Crippen LogP contribution is -2.52. The number of rotatable bonds is 7. The zero-order valence-corrected chi connectivity index (χ0v) is 21.1. The standard InChI is InChI=1S/C26H29ClF3N3O4/c1-31(19-10-12-32(13-11-19)14-17-6-8-18(27)9-7-17)22-15-33(16-23(22)37-25(36)26(28,29)30)21-5-3-2-4-20(21)24(34)35/h2-9,19,22-23H,10-16H2,1H3,(H,34,35)/t22-,23-/m0/s1. The Hall–Kier alpha value is -2.82. The van der Waals surface area contributed by atoms with Crippen molar-refractivity contribution in [2.75, 3.05) is 38.1 Å². The van der Waals surface area contributed by atoms with Crippen LogP contribution in [0.25, 0.3) is 0 Å². The van der Waals surface area contributed by atoms with Gasteiger partial charge in [0.1, 0.15) is 6.10 Å². The van der Waals surface area contributed by atoms with E-state index in [0.29, 0.717) is 10.7 Å². The summed E-state index contributed by atoms with van der Waals surface area (Å²) in [7, 11) is 1.84. The molecule has 200 valence electrons. The predicted molar refractivity (Wildman–Crippen MR) is 133 cm³/mol. The Labute approximate surface area is 218 Å². The van der Waals surface area contributed by atoms with E-state index in [4.69, 9.17) is 16.3 Å². The van der Waals surface area contributed by atoms with Gasteiger partial charge in [0.05, 0.1) is 23.8 Å². The molecule has 0 saturated carbocycles. The highest BCUT2D eigenvalue weighted by molar-refractivity contribution is 6.30. The van der Waals surface area contributed by atoms with Crippen LogP contribution in [0.3, 0.4) is 0 Å². The van der Waals surface area contributed by atoms with Crippen molar-refractivity contribution in [2.24, 2.45) is 0 Å². The number of likely N-dealkylation sites (tertiary alicyclic amines) is 1. The Morgan fingerprint density at radius 2 is 1.73 bits per heavy atom. The minimum Gasteiger partial charge on any atom is -0.478 e. The van der Waals surface area contributed by atoms with Crippen LogP contribution in [0.5, 0.6) is 0 Å². The van der Waals surface area contributed by atoms with Crippen molar-refractivity contribution in [2.45, 2.75) is 43.8 Å². The molecular weight excluding hydrogens is 511 g/mol. The number of carbonyl (C=O) groups is 2. The van der Waals surface area contributed by atoms with Gasteiger partial charge in [-0.25, -0.2) is 9.59 Å². The van der Waals surface area contributed by atoms with Gasteiger partial charge >= 0.3 is 18.1 Å². The largest absolute Gasteiger partial charge is 0.490 e. The lowest BCUT2D eigenvalue weighted by molar-refractivity contribution is -0.206. The third-order valence-corrected chi connectivity index (χ3v) is 7.43. The number of para-hydroxylation sites is 1. The molecule has 0 radical (unpaired) electrons. The van der Waals surface area contributed by atoms with E-state index in [0.717, 1.165) is 38.0 Å². The first-order valence-electron chi connectivity index (χ1n) is 12.1. The summed E-state index contributed by atoms with van der Waals surface area (Å²) < 4.78 is 44.0. The first-order chi connectivity index (χ1) is 17.5.